The van der Waals surface area contributed by atoms with Gasteiger partial charge in [0, 0.05) is 22.8 Å². The molecular weight excluding hydrogens is 401 g/mol. The molecule has 1 atom stereocenters. The molecule has 0 fully saturated rings. The van der Waals surface area contributed by atoms with Crippen LogP contribution in [0.25, 0.3) is 16.2 Å². The number of amides is 1. The predicted octanol–water partition coefficient (Wildman–Crippen LogP) is 5.02. The standard InChI is InChI=1S/C23H22FN3O2S/c1-3-29-20-10-6-16(7-11-20)15(2)25-22(28)12-19-14-30-23-26-21(13-27(19)23)17-4-8-18(24)9-5-17/h4-11,13-15H,3,12H2,1-2H3,(H,25,28). The number of imidazole rings is 1. The largest absolute Gasteiger partial charge is 0.494 e. The molecule has 0 aliphatic rings. The van der Waals surface area contributed by atoms with Crippen LogP contribution in [0.3, 0.4) is 0 Å². The number of benzene rings is 2. The SMILES string of the molecule is CCOc1ccc(C(C)NC(=O)Cc2csc3nc(-c4ccc(F)cc4)cn23)cc1. The van der Waals surface area contributed by atoms with Crippen LogP contribution in [0.4, 0.5) is 4.39 Å². The van der Waals surface area contributed by atoms with Gasteiger partial charge >= 0.3 is 0 Å². The third-order valence-electron chi connectivity index (χ3n) is 4.83. The molecule has 2 heterocycles. The molecule has 0 aliphatic carbocycles. The monoisotopic (exact) mass is 423 g/mol. The molecule has 0 saturated heterocycles. The van der Waals surface area contributed by atoms with E-state index in [-0.39, 0.29) is 24.2 Å². The lowest BCUT2D eigenvalue weighted by molar-refractivity contribution is -0.121. The van der Waals surface area contributed by atoms with Crippen molar-refractivity contribution in [3.63, 3.8) is 0 Å². The second kappa shape index (κ2) is 8.67. The highest BCUT2D eigenvalue weighted by atomic mass is 32.1. The van der Waals surface area contributed by atoms with Gasteiger partial charge in [-0.15, -0.1) is 11.3 Å². The summed E-state index contributed by atoms with van der Waals surface area (Å²) in [7, 11) is 0. The minimum absolute atomic E-state index is 0.0619. The van der Waals surface area contributed by atoms with E-state index in [4.69, 9.17) is 4.74 Å². The lowest BCUT2D eigenvalue weighted by Gasteiger charge is -2.15. The molecular formula is C23H22FN3O2S. The lowest BCUT2D eigenvalue weighted by Crippen LogP contribution is -2.28. The maximum atomic E-state index is 13.2. The van der Waals surface area contributed by atoms with E-state index in [1.165, 1.54) is 23.5 Å². The highest BCUT2D eigenvalue weighted by molar-refractivity contribution is 7.15. The fourth-order valence-corrected chi connectivity index (χ4v) is 4.15. The summed E-state index contributed by atoms with van der Waals surface area (Å²) in [5.74, 6) is 0.476. The van der Waals surface area contributed by atoms with Crippen LogP contribution in [-0.2, 0) is 11.2 Å². The van der Waals surface area contributed by atoms with E-state index in [2.05, 4.69) is 10.3 Å². The Kier molecular flexibility index (Phi) is 5.81. The number of rotatable bonds is 7. The van der Waals surface area contributed by atoms with Crippen LogP contribution < -0.4 is 10.1 Å². The number of fused-ring (bicyclic) bond motifs is 1. The number of hydrogen-bond donors (Lipinski definition) is 1. The molecule has 154 valence electrons. The predicted molar refractivity (Wildman–Crippen MR) is 116 cm³/mol. The van der Waals surface area contributed by atoms with Gasteiger partial charge in [-0.3, -0.25) is 9.20 Å². The summed E-state index contributed by atoms with van der Waals surface area (Å²) in [6, 6.07) is 13.9. The van der Waals surface area contributed by atoms with Crippen molar-refractivity contribution < 1.29 is 13.9 Å². The first kappa shape index (κ1) is 20.1. The number of aromatic nitrogens is 2. The lowest BCUT2D eigenvalue weighted by atomic mass is 10.1. The average molecular weight is 424 g/mol. The molecule has 0 saturated carbocycles. The first-order valence-electron chi connectivity index (χ1n) is 9.77. The van der Waals surface area contributed by atoms with Gasteiger partial charge in [-0.25, -0.2) is 9.37 Å². The third-order valence-corrected chi connectivity index (χ3v) is 5.72. The molecule has 2 aromatic heterocycles. The number of ether oxygens (including phenoxy) is 1. The molecule has 30 heavy (non-hydrogen) atoms. The van der Waals surface area contributed by atoms with Crippen molar-refractivity contribution in [3.8, 4) is 17.0 Å². The van der Waals surface area contributed by atoms with Gasteiger partial charge in [0.25, 0.3) is 0 Å². The van der Waals surface area contributed by atoms with E-state index >= 15 is 0 Å². The van der Waals surface area contributed by atoms with Gasteiger partial charge in [0.2, 0.25) is 5.91 Å². The minimum Gasteiger partial charge on any atom is -0.494 e. The van der Waals surface area contributed by atoms with Crippen molar-refractivity contribution in [1.29, 1.82) is 0 Å². The van der Waals surface area contributed by atoms with E-state index in [0.29, 0.717) is 6.61 Å². The maximum absolute atomic E-state index is 13.2. The van der Waals surface area contributed by atoms with Crippen LogP contribution in [0, 0.1) is 5.82 Å². The number of thiazole rings is 1. The van der Waals surface area contributed by atoms with Crippen LogP contribution in [0.2, 0.25) is 0 Å². The van der Waals surface area contributed by atoms with Crippen LogP contribution in [-0.4, -0.2) is 21.9 Å². The van der Waals surface area contributed by atoms with Crippen molar-refractivity contribution in [1.82, 2.24) is 14.7 Å². The molecule has 4 rings (SSSR count). The molecule has 1 N–H and O–H groups in total. The minimum atomic E-state index is -0.279. The second-order valence-corrected chi connectivity index (χ2v) is 7.82. The second-order valence-electron chi connectivity index (χ2n) is 6.98. The van der Waals surface area contributed by atoms with Gasteiger partial charge in [-0.2, -0.15) is 0 Å². The topological polar surface area (TPSA) is 55.6 Å². The zero-order valence-corrected chi connectivity index (χ0v) is 17.6. The van der Waals surface area contributed by atoms with Gasteiger partial charge in [-0.1, -0.05) is 12.1 Å². The van der Waals surface area contributed by atoms with Crippen molar-refractivity contribution in [2.75, 3.05) is 6.61 Å². The normalized spacial score (nSPS) is 12.1. The molecule has 0 aliphatic heterocycles. The van der Waals surface area contributed by atoms with Crippen LogP contribution in [0.5, 0.6) is 5.75 Å². The molecule has 0 radical (unpaired) electrons. The average Bonchev–Trinajstić information content (AvgIpc) is 3.31. The van der Waals surface area contributed by atoms with E-state index in [0.717, 1.165) is 33.2 Å². The Hall–Kier alpha value is -3.19. The van der Waals surface area contributed by atoms with Crippen molar-refractivity contribution >= 4 is 22.2 Å². The number of halogens is 1. The zero-order chi connectivity index (χ0) is 21.1. The summed E-state index contributed by atoms with van der Waals surface area (Å²) < 4.78 is 20.5. The van der Waals surface area contributed by atoms with Gasteiger partial charge < -0.3 is 10.1 Å². The fourth-order valence-electron chi connectivity index (χ4n) is 3.28. The summed E-state index contributed by atoms with van der Waals surface area (Å²) >= 11 is 1.48. The quantitative estimate of drug-likeness (QED) is 0.454. The Morgan fingerprint density at radius 2 is 1.93 bits per heavy atom. The number of nitrogens with one attached hydrogen (secondary N) is 1. The zero-order valence-electron chi connectivity index (χ0n) is 16.8. The highest BCUT2D eigenvalue weighted by Crippen LogP contribution is 2.24. The molecule has 1 unspecified atom stereocenters. The number of nitrogens with zero attached hydrogens (tertiary/aromatic N) is 2. The Morgan fingerprint density at radius 3 is 2.63 bits per heavy atom. The van der Waals surface area contributed by atoms with Crippen molar-refractivity contribution in [2.24, 2.45) is 0 Å². The first-order valence-corrected chi connectivity index (χ1v) is 10.6. The van der Waals surface area contributed by atoms with Gasteiger partial charge in [0.1, 0.15) is 11.6 Å². The maximum Gasteiger partial charge on any atom is 0.226 e. The summed E-state index contributed by atoms with van der Waals surface area (Å²) in [5, 5.41) is 4.99. The smallest absolute Gasteiger partial charge is 0.226 e. The van der Waals surface area contributed by atoms with Crippen LogP contribution >= 0.6 is 11.3 Å². The van der Waals surface area contributed by atoms with Crippen molar-refractivity contribution in [2.45, 2.75) is 26.3 Å². The third kappa shape index (κ3) is 4.36. The van der Waals surface area contributed by atoms with Gasteiger partial charge in [0.05, 0.1) is 24.8 Å². The molecule has 2 aromatic carbocycles. The number of carbonyl (C=O) groups excluding carboxylic acids is 1. The summed E-state index contributed by atoms with van der Waals surface area (Å²) in [4.78, 5) is 18.0. The molecule has 0 spiro atoms. The van der Waals surface area contributed by atoms with E-state index in [1.807, 2.05) is 54.1 Å². The number of hydrogen-bond acceptors (Lipinski definition) is 4. The van der Waals surface area contributed by atoms with E-state index in [1.54, 1.807) is 12.1 Å². The Labute approximate surface area is 178 Å². The Bertz CT molecular complexity index is 1150. The highest BCUT2D eigenvalue weighted by Gasteiger charge is 2.15. The molecule has 1 amide bonds. The van der Waals surface area contributed by atoms with Crippen LogP contribution in [0.15, 0.2) is 60.1 Å². The van der Waals surface area contributed by atoms with Crippen molar-refractivity contribution in [3.05, 3.63) is 77.2 Å². The summed E-state index contributed by atoms with van der Waals surface area (Å²) in [5.41, 5.74) is 3.48. The number of carbonyl (C=O) groups is 1. The van der Waals surface area contributed by atoms with Gasteiger partial charge in [-0.05, 0) is 55.8 Å². The van der Waals surface area contributed by atoms with E-state index < -0.39 is 0 Å². The molecule has 0 bridgehead atoms. The van der Waals surface area contributed by atoms with Gasteiger partial charge in [0.15, 0.2) is 4.96 Å². The first-order chi connectivity index (χ1) is 14.5. The van der Waals surface area contributed by atoms with Crippen LogP contribution in [0.1, 0.15) is 31.1 Å². The molecule has 4 aromatic rings. The summed E-state index contributed by atoms with van der Waals surface area (Å²) in [6.45, 7) is 4.53. The fraction of sp³-hybridized carbons (Fsp3) is 0.217. The molecule has 5 nitrogen and oxygen atoms in total. The van der Waals surface area contributed by atoms with E-state index in [9.17, 15) is 9.18 Å². The Balaban J connectivity index is 1.44. The molecule has 7 heteroatoms. The summed E-state index contributed by atoms with van der Waals surface area (Å²) in [6.07, 6.45) is 2.14. The Morgan fingerprint density at radius 1 is 1.20 bits per heavy atom.